The fraction of sp³-hybridized carbons (Fsp3) is 0.250. The summed E-state index contributed by atoms with van der Waals surface area (Å²) in [5.41, 5.74) is 4.40. The SMILES string of the molecule is Cc1ccc(C(=O)NCc2ccc(CCl)cc2)c(C)n1. The van der Waals surface area contributed by atoms with Crippen LogP contribution >= 0.6 is 11.6 Å². The van der Waals surface area contributed by atoms with Crippen molar-refractivity contribution in [3.63, 3.8) is 0 Å². The van der Waals surface area contributed by atoms with Crippen LogP contribution in [-0.4, -0.2) is 10.9 Å². The predicted octanol–water partition coefficient (Wildman–Crippen LogP) is 3.37. The molecule has 0 aliphatic carbocycles. The van der Waals surface area contributed by atoms with Crippen LogP contribution in [-0.2, 0) is 12.4 Å². The van der Waals surface area contributed by atoms with Crippen molar-refractivity contribution < 1.29 is 4.79 Å². The predicted molar refractivity (Wildman–Crippen MR) is 80.9 cm³/mol. The first kappa shape index (κ1) is 14.5. The van der Waals surface area contributed by atoms with E-state index in [1.807, 2.05) is 50.2 Å². The molecule has 0 saturated heterocycles. The Labute approximate surface area is 124 Å². The fourth-order valence-corrected chi connectivity index (χ4v) is 2.13. The molecule has 20 heavy (non-hydrogen) atoms. The second-order valence-corrected chi connectivity index (χ2v) is 4.99. The van der Waals surface area contributed by atoms with Gasteiger partial charge in [-0.2, -0.15) is 0 Å². The van der Waals surface area contributed by atoms with Crippen molar-refractivity contribution in [2.45, 2.75) is 26.3 Å². The Bertz CT molecular complexity index is 608. The molecular weight excluding hydrogens is 272 g/mol. The maximum absolute atomic E-state index is 12.1. The quantitative estimate of drug-likeness (QED) is 0.877. The second-order valence-electron chi connectivity index (χ2n) is 4.72. The van der Waals surface area contributed by atoms with Gasteiger partial charge in [-0.25, -0.2) is 0 Å². The summed E-state index contributed by atoms with van der Waals surface area (Å²) in [4.78, 5) is 16.4. The van der Waals surface area contributed by atoms with Crippen molar-refractivity contribution in [3.05, 3.63) is 64.5 Å². The highest BCUT2D eigenvalue weighted by atomic mass is 35.5. The van der Waals surface area contributed by atoms with Crippen LogP contribution in [0.1, 0.15) is 32.9 Å². The molecule has 4 heteroatoms. The molecule has 0 unspecified atom stereocenters. The number of nitrogens with zero attached hydrogens (tertiary/aromatic N) is 1. The Morgan fingerprint density at radius 1 is 1.10 bits per heavy atom. The molecule has 3 nitrogen and oxygen atoms in total. The van der Waals surface area contributed by atoms with Gasteiger partial charge in [0.1, 0.15) is 0 Å². The average molecular weight is 289 g/mol. The van der Waals surface area contributed by atoms with E-state index in [0.717, 1.165) is 22.5 Å². The van der Waals surface area contributed by atoms with Gasteiger partial charge in [0.05, 0.1) is 11.3 Å². The first-order valence-corrected chi connectivity index (χ1v) is 7.00. The Kier molecular flexibility index (Phi) is 4.74. The molecule has 0 fully saturated rings. The van der Waals surface area contributed by atoms with E-state index in [9.17, 15) is 4.79 Å². The molecule has 1 amide bonds. The number of nitrogens with one attached hydrogen (secondary N) is 1. The Morgan fingerprint density at radius 2 is 1.75 bits per heavy atom. The number of hydrogen-bond acceptors (Lipinski definition) is 2. The Morgan fingerprint density at radius 3 is 2.35 bits per heavy atom. The molecule has 0 spiro atoms. The fourth-order valence-electron chi connectivity index (χ4n) is 1.95. The van der Waals surface area contributed by atoms with Crippen LogP contribution in [0.5, 0.6) is 0 Å². The molecule has 1 heterocycles. The highest BCUT2D eigenvalue weighted by Gasteiger charge is 2.09. The summed E-state index contributed by atoms with van der Waals surface area (Å²) in [7, 11) is 0. The lowest BCUT2D eigenvalue weighted by molar-refractivity contribution is 0.0950. The second kappa shape index (κ2) is 6.53. The maximum Gasteiger partial charge on any atom is 0.253 e. The van der Waals surface area contributed by atoms with Gasteiger partial charge >= 0.3 is 0 Å². The molecule has 0 radical (unpaired) electrons. The lowest BCUT2D eigenvalue weighted by atomic mass is 10.1. The van der Waals surface area contributed by atoms with Crippen LogP contribution in [0.15, 0.2) is 36.4 Å². The molecule has 104 valence electrons. The molecule has 1 aromatic carbocycles. The molecule has 0 atom stereocenters. The average Bonchev–Trinajstić information content (AvgIpc) is 2.45. The number of hydrogen-bond donors (Lipinski definition) is 1. The maximum atomic E-state index is 12.1. The smallest absolute Gasteiger partial charge is 0.253 e. The third kappa shape index (κ3) is 3.58. The number of halogens is 1. The van der Waals surface area contributed by atoms with E-state index in [0.29, 0.717) is 18.0 Å². The van der Waals surface area contributed by atoms with E-state index < -0.39 is 0 Å². The zero-order chi connectivity index (χ0) is 14.5. The largest absolute Gasteiger partial charge is 0.348 e. The summed E-state index contributed by atoms with van der Waals surface area (Å²) < 4.78 is 0. The van der Waals surface area contributed by atoms with Crippen LogP contribution < -0.4 is 5.32 Å². The lowest BCUT2D eigenvalue weighted by Crippen LogP contribution is -2.24. The van der Waals surface area contributed by atoms with Crippen LogP contribution in [0.4, 0.5) is 0 Å². The van der Waals surface area contributed by atoms with Crippen molar-refractivity contribution in [1.29, 1.82) is 0 Å². The van der Waals surface area contributed by atoms with E-state index in [2.05, 4.69) is 10.3 Å². The molecule has 2 aromatic rings. The number of carbonyl (C=O) groups is 1. The normalized spacial score (nSPS) is 10.3. The third-order valence-corrected chi connectivity index (χ3v) is 3.41. The monoisotopic (exact) mass is 288 g/mol. The summed E-state index contributed by atoms with van der Waals surface area (Å²) in [6.07, 6.45) is 0. The van der Waals surface area contributed by atoms with Crippen molar-refractivity contribution in [3.8, 4) is 0 Å². The van der Waals surface area contributed by atoms with Gasteiger partial charge < -0.3 is 5.32 Å². The number of pyridine rings is 1. The summed E-state index contributed by atoms with van der Waals surface area (Å²) >= 11 is 5.74. The van der Waals surface area contributed by atoms with E-state index in [1.54, 1.807) is 0 Å². The lowest BCUT2D eigenvalue weighted by Gasteiger charge is -2.08. The molecule has 0 bridgehead atoms. The first-order chi connectivity index (χ1) is 9.60. The minimum Gasteiger partial charge on any atom is -0.348 e. The standard InChI is InChI=1S/C16H17ClN2O/c1-11-3-8-15(12(2)19-11)16(20)18-10-14-6-4-13(9-17)5-7-14/h3-8H,9-10H2,1-2H3,(H,18,20). The van der Waals surface area contributed by atoms with Crippen LogP contribution in [0.3, 0.4) is 0 Å². The van der Waals surface area contributed by atoms with Crippen molar-refractivity contribution in [2.24, 2.45) is 0 Å². The van der Waals surface area contributed by atoms with Crippen LogP contribution in [0, 0.1) is 13.8 Å². The highest BCUT2D eigenvalue weighted by molar-refractivity contribution is 6.17. The van der Waals surface area contributed by atoms with E-state index in [1.165, 1.54) is 0 Å². The Balaban J connectivity index is 2.00. The van der Waals surface area contributed by atoms with Gasteiger partial charge in [0.15, 0.2) is 0 Å². The van der Waals surface area contributed by atoms with Crippen LogP contribution in [0.25, 0.3) is 0 Å². The van der Waals surface area contributed by atoms with Crippen LogP contribution in [0.2, 0.25) is 0 Å². The highest BCUT2D eigenvalue weighted by Crippen LogP contribution is 2.09. The van der Waals surface area contributed by atoms with Gasteiger partial charge in [0.25, 0.3) is 5.91 Å². The number of benzene rings is 1. The molecule has 0 saturated carbocycles. The summed E-state index contributed by atoms with van der Waals surface area (Å²) in [6.45, 7) is 4.25. The Hall–Kier alpha value is -1.87. The molecule has 2 rings (SSSR count). The van der Waals surface area contributed by atoms with E-state index in [-0.39, 0.29) is 5.91 Å². The topological polar surface area (TPSA) is 42.0 Å². The van der Waals surface area contributed by atoms with Crippen molar-refractivity contribution >= 4 is 17.5 Å². The van der Waals surface area contributed by atoms with Crippen molar-refractivity contribution in [2.75, 3.05) is 0 Å². The zero-order valence-electron chi connectivity index (χ0n) is 11.6. The van der Waals surface area contributed by atoms with Gasteiger partial charge in [-0.05, 0) is 37.1 Å². The van der Waals surface area contributed by atoms with Gasteiger partial charge in [-0.15, -0.1) is 11.6 Å². The number of carbonyl (C=O) groups excluding carboxylic acids is 1. The molecule has 1 N–H and O–H groups in total. The van der Waals surface area contributed by atoms with Gasteiger partial charge in [0.2, 0.25) is 0 Å². The first-order valence-electron chi connectivity index (χ1n) is 6.46. The van der Waals surface area contributed by atoms with E-state index >= 15 is 0 Å². The number of aromatic nitrogens is 1. The van der Waals surface area contributed by atoms with Gasteiger partial charge in [0, 0.05) is 18.1 Å². The minimum atomic E-state index is -0.101. The minimum absolute atomic E-state index is 0.101. The molecule has 0 aliphatic heterocycles. The summed E-state index contributed by atoms with van der Waals surface area (Å²) in [6, 6.07) is 11.5. The third-order valence-electron chi connectivity index (χ3n) is 3.10. The molecule has 0 aliphatic rings. The summed E-state index contributed by atoms with van der Waals surface area (Å²) in [5.74, 6) is 0.400. The number of aryl methyl sites for hydroxylation is 2. The van der Waals surface area contributed by atoms with Crippen molar-refractivity contribution in [1.82, 2.24) is 10.3 Å². The number of rotatable bonds is 4. The zero-order valence-corrected chi connectivity index (χ0v) is 12.4. The van der Waals surface area contributed by atoms with Gasteiger partial charge in [-0.1, -0.05) is 24.3 Å². The number of alkyl halides is 1. The van der Waals surface area contributed by atoms with Gasteiger partial charge in [-0.3, -0.25) is 9.78 Å². The summed E-state index contributed by atoms with van der Waals surface area (Å²) in [5, 5.41) is 2.90. The van der Waals surface area contributed by atoms with E-state index in [4.69, 9.17) is 11.6 Å². The molecule has 1 aromatic heterocycles. The molecular formula is C16H17ClN2O. The number of amides is 1.